The molecular weight excluding hydrogens is 200 g/mol. The van der Waals surface area contributed by atoms with Crippen molar-refractivity contribution in [3.8, 4) is 0 Å². The average Bonchev–Trinajstić information content (AvgIpc) is 2.33. The summed E-state index contributed by atoms with van der Waals surface area (Å²) in [7, 11) is 2.28. The average molecular weight is 226 g/mol. The van der Waals surface area contributed by atoms with Gasteiger partial charge >= 0.3 is 0 Å². The van der Waals surface area contributed by atoms with E-state index in [1.165, 1.54) is 51.6 Å². The van der Waals surface area contributed by atoms with Crippen LogP contribution in [0.15, 0.2) is 0 Å². The van der Waals surface area contributed by atoms with Crippen LogP contribution in [0.3, 0.4) is 0 Å². The van der Waals surface area contributed by atoms with Crippen molar-refractivity contribution in [1.29, 1.82) is 0 Å². The Morgan fingerprint density at radius 3 is 2.75 bits per heavy atom. The van der Waals surface area contributed by atoms with Crippen molar-refractivity contribution in [3.63, 3.8) is 0 Å². The second-order valence-electron chi connectivity index (χ2n) is 5.26. The van der Waals surface area contributed by atoms with E-state index in [2.05, 4.69) is 17.3 Å². The zero-order valence-corrected chi connectivity index (χ0v) is 10.6. The Balaban J connectivity index is 1.59. The fraction of sp³-hybridized carbons (Fsp3) is 1.00. The Hall–Kier alpha value is -0.120. The smallest absolute Gasteiger partial charge is 0.0480 e. The van der Waals surface area contributed by atoms with E-state index in [0.717, 1.165) is 19.3 Å². The van der Waals surface area contributed by atoms with Crippen LogP contribution in [0.4, 0.5) is 0 Å². The molecule has 94 valence electrons. The number of piperidine rings is 1. The van der Waals surface area contributed by atoms with Gasteiger partial charge in [-0.05, 0) is 52.2 Å². The minimum absolute atomic E-state index is 0.711. The summed E-state index contributed by atoms with van der Waals surface area (Å²) in [6.07, 6.45) is 7.91. The summed E-state index contributed by atoms with van der Waals surface area (Å²) in [6.45, 7) is 4.36. The molecular formula is C13H26N2O. The van der Waals surface area contributed by atoms with E-state index >= 15 is 0 Å². The minimum Gasteiger partial charge on any atom is -0.381 e. The molecule has 0 bridgehead atoms. The highest BCUT2D eigenvalue weighted by Gasteiger charge is 2.19. The topological polar surface area (TPSA) is 24.5 Å². The van der Waals surface area contributed by atoms with Gasteiger partial charge in [0.2, 0.25) is 0 Å². The Labute approximate surface area is 99.5 Å². The van der Waals surface area contributed by atoms with Gasteiger partial charge in [0.15, 0.2) is 0 Å². The van der Waals surface area contributed by atoms with Crippen LogP contribution in [-0.2, 0) is 4.74 Å². The monoisotopic (exact) mass is 226 g/mol. The van der Waals surface area contributed by atoms with Crippen LogP contribution in [0.5, 0.6) is 0 Å². The van der Waals surface area contributed by atoms with Crippen LogP contribution in [0.1, 0.15) is 38.5 Å². The lowest BCUT2D eigenvalue weighted by Gasteiger charge is -2.33. The number of nitrogens with one attached hydrogen (secondary N) is 1. The molecule has 16 heavy (non-hydrogen) atoms. The Morgan fingerprint density at radius 1 is 1.19 bits per heavy atom. The van der Waals surface area contributed by atoms with Crippen molar-refractivity contribution in [1.82, 2.24) is 10.2 Å². The van der Waals surface area contributed by atoms with Gasteiger partial charge in [-0.3, -0.25) is 0 Å². The van der Waals surface area contributed by atoms with Crippen molar-refractivity contribution in [2.75, 3.05) is 33.4 Å². The number of hydrogen-bond donors (Lipinski definition) is 1. The second kappa shape index (κ2) is 6.58. The Kier molecular flexibility index (Phi) is 5.07. The standard InChI is InChI=1S/C13H26N2O/c1-15-9-3-2-4-13(15)5-8-14-12-6-10-16-11-7-12/h12-14H,2-11H2,1H3. The van der Waals surface area contributed by atoms with E-state index in [1.807, 2.05) is 0 Å². The van der Waals surface area contributed by atoms with Crippen LogP contribution in [0.25, 0.3) is 0 Å². The summed E-state index contributed by atoms with van der Waals surface area (Å²) in [6, 6.07) is 1.53. The molecule has 0 aromatic carbocycles. The summed E-state index contributed by atoms with van der Waals surface area (Å²) in [5, 5.41) is 3.68. The molecule has 3 nitrogen and oxygen atoms in total. The maximum Gasteiger partial charge on any atom is 0.0480 e. The molecule has 1 atom stereocenters. The van der Waals surface area contributed by atoms with Gasteiger partial charge in [-0.25, -0.2) is 0 Å². The highest BCUT2D eigenvalue weighted by atomic mass is 16.5. The number of ether oxygens (including phenoxy) is 1. The van der Waals surface area contributed by atoms with Gasteiger partial charge in [-0.2, -0.15) is 0 Å². The van der Waals surface area contributed by atoms with Gasteiger partial charge in [0.1, 0.15) is 0 Å². The SMILES string of the molecule is CN1CCCCC1CCNC1CCOCC1. The molecule has 3 heteroatoms. The number of rotatable bonds is 4. The third-order valence-corrected chi connectivity index (χ3v) is 4.05. The first kappa shape index (κ1) is 12.3. The zero-order chi connectivity index (χ0) is 11.2. The lowest BCUT2D eigenvalue weighted by atomic mass is 10.00. The molecule has 2 aliphatic heterocycles. The third-order valence-electron chi connectivity index (χ3n) is 4.05. The molecule has 2 aliphatic rings. The largest absolute Gasteiger partial charge is 0.381 e. The van der Waals surface area contributed by atoms with Crippen LogP contribution in [0.2, 0.25) is 0 Å². The van der Waals surface area contributed by atoms with E-state index in [0.29, 0.717) is 6.04 Å². The first-order chi connectivity index (χ1) is 7.86. The fourth-order valence-corrected chi connectivity index (χ4v) is 2.86. The summed E-state index contributed by atoms with van der Waals surface area (Å²) in [5.41, 5.74) is 0. The van der Waals surface area contributed by atoms with Crippen LogP contribution >= 0.6 is 0 Å². The quantitative estimate of drug-likeness (QED) is 0.788. The van der Waals surface area contributed by atoms with E-state index < -0.39 is 0 Å². The molecule has 0 aliphatic carbocycles. The Bertz CT molecular complexity index is 192. The summed E-state index contributed by atoms with van der Waals surface area (Å²) < 4.78 is 5.36. The van der Waals surface area contributed by atoms with Gasteiger partial charge in [0.25, 0.3) is 0 Å². The fourth-order valence-electron chi connectivity index (χ4n) is 2.86. The van der Waals surface area contributed by atoms with Crippen LogP contribution < -0.4 is 5.32 Å². The van der Waals surface area contributed by atoms with E-state index in [9.17, 15) is 0 Å². The molecule has 0 amide bonds. The molecule has 0 aromatic heterocycles. The highest BCUT2D eigenvalue weighted by molar-refractivity contribution is 4.76. The predicted molar refractivity (Wildman–Crippen MR) is 66.7 cm³/mol. The van der Waals surface area contributed by atoms with Crippen molar-refractivity contribution < 1.29 is 4.74 Å². The van der Waals surface area contributed by atoms with E-state index in [4.69, 9.17) is 4.74 Å². The van der Waals surface area contributed by atoms with Gasteiger partial charge in [0, 0.05) is 25.3 Å². The van der Waals surface area contributed by atoms with Crippen LogP contribution in [0, 0.1) is 0 Å². The van der Waals surface area contributed by atoms with Crippen molar-refractivity contribution in [3.05, 3.63) is 0 Å². The normalized spacial score (nSPS) is 29.4. The van der Waals surface area contributed by atoms with Crippen molar-refractivity contribution in [2.45, 2.75) is 50.6 Å². The first-order valence-electron chi connectivity index (χ1n) is 6.87. The minimum atomic E-state index is 0.711. The molecule has 1 N–H and O–H groups in total. The van der Waals surface area contributed by atoms with Crippen molar-refractivity contribution in [2.24, 2.45) is 0 Å². The number of likely N-dealkylation sites (tertiary alicyclic amines) is 1. The van der Waals surface area contributed by atoms with Gasteiger partial charge in [0.05, 0.1) is 0 Å². The van der Waals surface area contributed by atoms with E-state index in [-0.39, 0.29) is 0 Å². The molecule has 0 aromatic rings. The number of nitrogens with zero attached hydrogens (tertiary/aromatic N) is 1. The van der Waals surface area contributed by atoms with E-state index in [1.54, 1.807) is 0 Å². The van der Waals surface area contributed by atoms with Crippen LogP contribution in [-0.4, -0.2) is 50.3 Å². The molecule has 0 saturated carbocycles. The third kappa shape index (κ3) is 3.72. The summed E-state index contributed by atoms with van der Waals surface area (Å²) >= 11 is 0. The van der Waals surface area contributed by atoms with Gasteiger partial charge < -0.3 is 15.0 Å². The van der Waals surface area contributed by atoms with Crippen molar-refractivity contribution >= 4 is 0 Å². The number of hydrogen-bond acceptors (Lipinski definition) is 3. The molecule has 2 fully saturated rings. The molecule has 0 spiro atoms. The molecule has 2 heterocycles. The molecule has 2 saturated heterocycles. The second-order valence-corrected chi connectivity index (χ2v) is 5.26. The highest BCUT2D eigenvalue weighted by Crippen LogP contribution is 2.17. The lowest BCUT2D eigenvalue weighted by molar-refractivity contribution is 0.0768. The van der Waals surface area contributed by atoms with Gasteiger partial charge in [-0.15, -0.1) is 0 Å². The Morgan fingerprint density at radius 2 is 2.00 bits per heavy atom. The molecule has 2 rings (SSSR count). The first-order valence-corrected chi connectivity index (χ1v) is 6.87. The molecule has 1 unspecified atom stereocenters. The maximum absolute atomic E-state index is 5.36. The zero-order valence-electron chi connectivity index (χ0n) is 10.6. The predicted octanol–water partition coefficient (Wildman–Crippen LogP) is 1.63. The summed E-state index contributed by atoms with van der Waals surface area (Å²) in [5.74, 6) is 0. The summed E-state index contributed by atoms with van der Waals surface area (Å²) in [4.78, 5) is 2.54. The maximum atomic E-state index is 5.36. The van der Waals surface area contributed by atoms with Gasteiger partial charge in [-0.1, -0.05) is 6.42 Å². The lowest BCUT2D eigenvalue weighted by Crippen LogP contribution is -2.41. The molecule has 0 radical (unpaired) electrons.